The predicted octanol–water partition coefficient (Wildman–Crippen LogP) is 3.92. The van der Waals surface area contributed by atoms with E-state index in [9.17, 15) is 5.11 Å². The summed E-state index contributed by atoms with van der Waals surface area (Å²) in [4.78, 5) is 2.39. The summed E-state index contributed by atoms with van der Waals surface area (Å²) in [5, 5.41) is 13.8. The zero-order valence-corrected chi connectivity index (χ0v) is 14.6. The van der Waals surface area contributed by atoms with Crippen molar-refractivity contribution in [1.82, 2.24) is 0 Å². The maximum Gasteiger partial charge on any atom is 0.124 e. The smallest absolute Gasteiger partial charge is 0.124 e. The van der Waals surface area contributed by atoms with Gasteiger partial charge in [-0.2, -0.15) is 0 Å². The van der Waals surface area contributed by atoms with Crippen LogP contribution >= 0.6 is 11.6 Å². The Hall–Kier alpha value is -1.91. The second kappa shape index (κ2) is 7.77. The molecule has 1 aliphatic heterocycles. The molecule has 0 atom stereocenters. The first-order chi connectivity index (χ1) is 11.7. The van der Waals surface area contributed by atoms with Crippen molar-refractivity contribution in [3.05, 3.63) is 53.1 Å². The minimum Gasteiger partial charge on any atom is -0.496 e. The molecule has 2 aromatic carbocycles. The molecule has 0 spiro atoms. The molecule has 0 amide bonds. The number of piperidine rings is 1. The molecule has 128 valence electrons. The summed E-state index contributed by atoms with van der Waals surface area (Å²) in [7, 11) is 1.62. The van der Waals surface area contributed by atoms with Crippen molar-refractivity contribution < 1.29 is 9.84 Å². The Balaban J connectivity index is 1.58. The van der Waals surface area contributed by atoms with Crippen LogP contribution in [0.4, 0.5) is 11.4 Å². The van der Waals surface area contributed by atoms with Gasteiger partial charge in [0.25, 0.3) is 0 Å². The Labute approximate surface area is 148 Å². The predicted molar refractivity (Wildman–Crippen MR) is 99.2 cm³/mol. The fourth-order valence-electron chi connectivity index (χ4n) is 3.16. The number of rotatable bonds is 5. The molecule has 1 aliphatic rings. The van der Waals surface area contributed by atoms with Crippen LogP contribution in [0.2, 0.25) is 5.02 Å². The maximum absolute atomic E-state index is 9.44. The van der Waals surface area contributed by atoms with Crippen molar-refractivity contribution in [1.29, 1.82) is 0 Å². The van der Waals surface area contributed by atoms with Gasteiger partial charge in [0.1, 0.15) is 5.75 Å². The van der Waals surface area contributed by atoms with Gasteiger partial charge in [-0.1, -0.05) is 11.6 Å². The lowest BCUT2D eigenvalue weighted by molar-refractivity contribution is 0.274. The second-order valence-electron chi connectivity index (χ2n) is 6.07. The SMILES string of the molecule is COc1ccc(NC2CCN(c3ccc(Cl)cc3)CC2)cc1CO. The topological polar surface area (TPSA) is 44.7 Å². The molecule has 4 nitrogen and oxygen atoms in total. The number of nitrogens with one attached hydrogen (secondary N) is 1. The Morgan fingerprint density at radius 3 is 2.50 bits per heavy atom. The first-order valence-corrected chi connectivity index (χ1v) is 8.62. The molecule has 0 bridgehead atoms. The van der Waals surface area contributed by atoms with E-state index in [0.717, 1.165) is 48.0 Å². The van der Waals surface area contributed by atoms with Crippen LogP contribution < -0.4 is 15.0 Å². The van der Waals surface area contributed by atoms with E-state index in [0.29, 0.717) is 6.04 Å². The molecule has 3 rings (SSSR count). The van der Waals surface area contributed by atoms with Gasteiger partial charge in [-0.15, -0.1) is 0 Å². The fraction of sp³-hybridized carbons (Fsp3) is 0.368. The van der Waals surface area contributed by atoms with E-state index in [1.807, 2.05) is 30.3 Å². The Kier molecular flexibility index (Phi) is 5.48. The van der Waals surface area contributed by atoms with Crippen LogP contribution in [-0.2, 0) is 6.61 Å². The van der Waals surface area contributed by atoms with Gasteiger partial charge in [0.2, 0.25) is 0 Å². The van der Waals surface area contributed by atoms with E-state index in [2.05, 4.69) is 22.3 Å². The van der Waals surface area contributed by atoms with Crippen molar-refractivity contribution in [3.8, 4) is 5.75 Å². The van der Waals surface area contributed by atoms with E-state index < -0.39 is 0 Å². The van der Waals surface area contributed by atoms with Crippen LogP contribution in [0.3, 0.4) is 0 Å². The van der Waals surface area contributed by atoms with Crippen molar-refractivity contribution >= 4 is 23.0 Å². The van der Waals surface area contributed by atoms with Gasteiger partial charge in [-0.3, -0.25) is 0 Å². The summed E-state index contributed by atoms with van der Waals surface area (Å²) in [6, 6.07) is 14.3. The Morgan fingerprint density at radius 2 is 1.88 bits per heavy atom. The van der Waals surface area contributed by atoms with Crippen LogP contribution in [0.1, 0.15) is 18.4 Å². The number of ether oxygens (including phenoxy) is 1. The molecular formula is C19H23ClN2O2. The van der Waals surface area contributed by atoms with Gasteiger partial charge >= 0.3 is 0 Å². The first kappa shape index (κ1) is 16.9. The summed E-state index contributed by atoms with van der Waals surface area (Å²) in [5.74, 6) is 0.723. The fourth-order valence-corrected chi connectivity index (χ4v) is 3.29. The molecular weight excluding hydrogens is 324 g/mol. The van der Waals surface area contributed by atoms with Gasteiger partial charge in [0, 0.05) is 41.1 Å². The lowest BCUT2D eigenvalue weighted by Crippen LogP contribution is -2.39. The normalized spacial score (nSPS) is 15.4. The highest BCUT2D eigenvalue weighted by atomic mass is 35.5. The number of hydrogen-bond acceptors (Lipinski definition) is 4. The molecule has 0 aromatic heterocycles. The minimum atomic E-state index is -0.0201. The average Bonchev–Trinajstić information content (AvgIpc) is 2.63. The monoisotopic (exact) mass is 346 g/mol. The molecule has 0 unspecified atom stereocenters. The number of halogens is 1. The van der Waals surface area contributed by atoms with Crippen LogP contribution in [0.25, 0.3) is 0 Å². The number of nitrogens with zero attached hydrogens (tertiary/aromatic N) is 1. The highest BCUT2D eigenvalue weighted by molar-refractivity contribution is 6.30. The third kappa shape index (κ3) is 3.94. The Morgan fingerprint density at radius 1 is 1.17 bits per heavy atom. The molecule has 0 radical (unpaired) electrons. The van der Waals surface area contributed by atoms with Gasteiger partial charge in [0.15, 0.2) is 0 Å². The van der Waals surface area contributed by atoms with E-state index >= 15 is 0 Å². The molecule has 0 saturated carbocycles. The van der Waals surface area contributed by atoms with Crippen molar-refractivity contribution in [2.24, 2.45) is 0 Å². The molecule has 2 aromatic rings. The van der Waals surface area contributed by atoms with Gasteiger partial charge in [-0.25, -0.2) is 0 Å². The van der Waals surface area contributed by atoms with Crippen LogP contribution in [0, 0.1) is 0 Å². The highest BCUT2D eigenvalue weighted by Crippen LogP contribution is 2.26. The van der Waals surface area contributed by atoms with E-state index in [-0.39, 0.29) is 6.61 Å². The zero-order valence-electron chi connectivity index (χ0n) is 13.8. The van der Waals surface area contributed by atoms with Crippen molar-refractivity contribution in [2.75, 3.05) is 30.4 Å². The van der Waals surface area contributed by atoms with Crippen molar-refractivity contribution in [3.63, 3.8) is 0 Å². The summed E-state index contributed by atoms with van der Waals surface area (Å²) >= 11 is 5.96. The van der Waals surface area contributed by atoms with E-state index in [1.165, 1.54) is 5.69 Å². The number of aliphatic hydroxyl groups is 1. The summed E-state index contributed by atoms with van der Waals surface area (Å²) in [6.45, 7) is 2.01. The highest BCUT2D eigenvalue weighted by Gasteiger charge is 2.19. The molecule has 2 N–H and O–H groups in total. The molecule has 1 saturated heterocycles. The number of benzene rings is 2. The largest absolute Gasteiger partial charge is 0.496 e. The third-order valence-electron chi connectivity index (χ3n) is 4.51. The quantitative estimate of drug-likeness (QED) is 0.861. The summed E-state index contributed by atoms with van der Waals surface area (Å²) < 4.78 is 5.25. The average molecular weight is 347 g/mol. The lowest BCUT2D eigenvalue weighted by atomic mass is 10.0. The van der Waals surface area contributed by atoms with Crippen molar-refractivity contribution in [2.45, 2.75) is 25.5 Å². The minimum absolute atomic E-state index is 0.0201. The molecule has 0 aliphatic carbocycles. The van der Waals surface area contributed by atoms with Gasteiger partial charge in [-0.05, 0) is 55.3 Å². The van der Waals surface area contributed by atoms with Gasteiger partial charge in [0.05, 0.1) is 13.7 Å². The summed E-state index contributed by atoms with van der Waals surface area (Å²) in [6.07, 6.45) is 2.15. The zero-order chi connectivity index (χ0) is 16.9. The number of anilines is 2. The third-order valence-corrected chi connectivity index (χ3v) is 4.76. The van der Waals surface area contributed by atoms with Crippen LogP contribution in [-0.4, -0.2) is 31.3 Å². The summed E-state index contributed by atoms with van der Waals surface area (Å²) in [5.41, 5.74) is 3.07. The molecule has 1 fully saturated rings. The van der Waals surface area contributed by atoms with Crippen LogP contribution in [0.5, 0.6) is 5.75 Å². The number of hydrogen-bond donors (Lipinski definition) is 2. The molecule has 5 heteroatoms. The van der Waals surface area contributed by atoms with Crippen LogP contribution in [0.15, 0.2) is 42.5 Å². The molecule has 1 heterocycles. The lowest BCUT2D eigenvalue weighted by Gasteiger charge is -2.34. The molecule has 24 heavy (non-hydrogen) atoms. The maximum atomic E-state index is 9.44. The van der Waals surface area contributed by atoms with E-state index in [1.54, 1.807) is 7.11 Å². The van der Waals surface area contributed by atoms with E-state index in [4.69, 9.17) is 16.3 Å². The second-order valence-corrected chi connectivity index (χ2v) is 6.50. The number of aliphatic hydroxyl groups excluding tert-OH is 1. The van der Waals surface area contributed by atoms with Gasteiger partial charge < -0.3 is 20.1 Å². The number of methoxy groups -OCH3 is 1. The Bertz CT molecular complexity index is 668. The first-order valence-electron chi connectivity index (χ1n) is 8.24. The standard InChI is InChI=1S/C19H23ClN2O2/c1-24-19-7-4-17(12-14(19)13-23)21-16-8-10-22(11-9-16)18-5-2-15(20)3-6-18/h2-7,12,16,21,23H,8-11,13H2,1H3.